The summed E-state index contributed by atoms with van der Waals surface area (Å²) in [5, 5.41) is 6.96. The maximum atomic E-state index is 12.0. The van der Waals surface area contributed by atoms with E-state index in [1.54, 1.807) is 11.1 Å². The minimum absolute atomic E-state index is 0.299. The van der Waals surface area contributed by atoms with Crippen molar-refractivity contribution in [1.29, 1.82) is 0 Å². The average Bonchev–Trinajstić information content (AvgIpc) is 2.64. The van der Waals surface area contributed by atoms with Gasteiger partial charge in [-0.25, -0.2) is 4.79 Å². The van der Waals surface area contributed by atoms with Crippen LogP contribution in [0.3, 0.4) is 0 Å². The Labute approximate surface area is 101 Å². The lowest BCUT2D eigenvalue weighted by atomic mass is 9.98. The number of hydrogen-bond donors (Lipinski definition) is 1. The summed E-state index contributed by atoms with van der Waals surface area (Å²) in [6.07, 6.45) is 2.32. The summed E-state index contributed by atoms with van der Waals surface area (Å²) < 4.78 is 5.38. The van der Waals surface area contributed by atoms with Gasteiger partial charge in [0.05, 0.1) is 17.6 Å². The largest absolute Gasteiger partial charge is 0.443 e. The van der Waals surface area contributed by atoms with E-state index in [0.29, 0.717) is 12.5 Å². The molecular weight excluding hydrogens is 218 g/mol. The number of aromatic nitrogens is 2. The summed E-state index contributed by atoms with van der Waals surface area (Å²) >= 11 is 0. The molecule has 5 nitrogen and oxygen atoms in total. The quantitative estimate of drug-likeness (QED) is 0.754. The predicted octanol–water partition coefficient (Wildman–Crippen LogP) is 2.66. The second-order valence-corrected chi connectivity index (χ2v) is 5.49. The van der Waals surface area contributed by atoms with Gasteiger partial charge in [0.25, 0.3) is 0 Å². The lowest BCUT2D eigenvalue weighted by Gasteiger charge is -2.31. The van der Waals surface area contributed by atoms with E-state index in [1.807, 2.05) is 20.8 Å². The highest BCUT2D eigenvalue weighted by atomic mass is 16.6. The Hall–Kier alpha value is -1.52. The standard InChI is InChI=1S/C12H19N3O2/c1-8-5-6-15(9-7-13-14-10(8)9)11(16)17-12(2,3)4/h7-8H,5-6H2,1-4H3,(H,13,14). The third kappa shape index (κ3) is 2.43. The van der Waals surface area contributed by atoms with E-state index in [2.05, 4.69) is 17.1 Å². The number of nitrogens with zero attached hydrogens (tertiary/aromatic N) is 2. The number of nitrogens with one attached hydrogen (secondary N) is 1. The van der Waals surface area contributed by atoms with Crippen LogP contribution >= 0.6 is 0 Å². The molecule has 0 saturated carbocycles. The summed E-state index contributed by atoms with van der Waals surface area (Å²) in [6.45, 7) is 8.42. The SMILES string of the molecule is CC1CCN(C(=O)OC(C)(C)C)c2cn[nH]c21. The maximum Gasteiger partial charge on any atom is 0.414 e. The van der Waals surface area contributed by atoms with Crippen molar-refractivity contribution < 1.29 is 9.53 Å². The van der Waals surface area contributed by atoms with Crippen molar-refractivity contribution in [1.82, 2.24) is 10.2 Å². The molecule has 1 atom stereocenters. The molecule has 1 N–H and O–H groups in total. The monoisotopic (exact) mass is 237 g/mol. The Morgan fingerprint density at radius 3 is 2.94 bits per heavy atom. The van der Waals surface area contributed by atoms with E-state index < -0.39 is 5.60 Å². The first-order valence-electron chi connectivity index (χ1n) is 5.92. The van der Waals surface area contributed by atoms with Gasteiger partial charge >= 0.3 is 6.09 Å². The van der Waals surface area contributed by atoms with Crippen LogP contribution in [0, 0.1) is 0 Å². The zero-order valence-corrected chi connectivity index (χ0v) is 10.8. The number of carbonyl (C=O) groups excluding carboxylic acids is 1. The Morgan fingerprint density at radius 1 is 1.59 bits per heavy atom. The van der Waals surface area contributed by atoms with Gasteiger partial charge in [0, 0.05) is 12.5 Å². The molecule has 0 saturated heterocycles. The highest BCUT2D eigenvalue weighted by Gasteiger charge is 2.31. The van der Waals surface area contributed by atoms with Crippen LogP contribution in [-0.4, -0.2) is 28.4 Å². The third-order valence-electron chi connectivity index (χ3n) is 2.83. The Balaban J connectivity index is 2.20. The van der Waals surface area contributed by atoms with Crippen molar-refractivity contribution in [2.45, 2.75) is 45.6 Å². The van der Waals surface area contributed by atoms with Crippen molar-refractivity contribution in [3.8, 4) is 0 Å². The van der Waals surface area contributed by atoms with Gasteiger partial charge in [0.2, 0.25) is 0 Å². The molecule has 1 aromatic rings. The molecule has 1 aliphatic heterocycles. The molecule has 2 rings (SSSR count). The minimum Gasteiger partial charge on any atom is -0.443 e. The van der Waals surface area contributed by atoms with Crippen LogP contribution in [-0.2, 0) is 4.74 Å². The topological polar surface area (TPSA) is 58.2 Å². The van der Waals surface area contributed by atoms with Crippen LogP contribution in [0.5, 0.6) is 0 Å². The summed E-state index contributed by atoms with van der Waals surface area (Å²) in [7, 11) is 0. The van der Waals surface area contributed by atoms with Crippen molar-refractivity contribution in [2.24, 2.45) is 0 Å². The second kappa shape index (κ2) is 4.05. The summed E-state index contributed by atoms with van der Waals surface area (Å²) in [4.78, 5) is 13.7. The highest BCUT2D eigenvalue weighted by molar-refractivity contribution is 5.89. The van der Waals surface area contributed by atoms with Gasteiger partial charge in [0.1, 0.15) is 5.60 Å². The molecule has 1 unspecified atom stereocenters. The highest BCUT2D eigenvalue weighted by Crippen LogP contribution is 2.33. The van der Waals surface area contributed by atoms with E-state index in [9.17, 15) is 4.79 Å². The van der Waals surface area contributed by atoms with Crippen LogP contribution in [0.15, 0.2) is 6.20 Å². The third-order valence-corrected chi connectivity index (χ3v) is 2.83. The van der Waals surface area contributed by atoms with Crippen LogP contribution < -0.4 is 4.90 Å². The van der Waals surface area contributed by atoms with Crippen molar-refractivity contribution in [3.63, 3.8) is 0 Å². The first kappa shape index (κ1) is 12.0. The smallest absolute Gasteiger partial charge is 0.414 e. The van der Waals surface area contributed by atoms with Gasteiger partial charge in [-0.3, -0.25) is 10.00 Å². The molecule has 5 heteroatoms. The second-order valence-electron chi connectivity index (χ2n) is 5.49. The number of carbonyl (C=O) groups is 1. The summed E-state index contributed by atoms with van der Waals surface area (Å²) in [6, 6.07) is 0. The van der Waals surface area contributed by atoms with E-state index in [1.165, 1.54) is 0 Å². The van der Waals surface area contributed by atoms with Crippen molar-refractivity contribution >= 4 is 11.8 Å². The fourth-order valence-electron chi connectivity index (χ4n) is 1.96. The number of amides is 1. The summed E-state index contributed by atoms with van der Waals surface area (Å²) in [5.74, 6) is 0.409. The van der Waals surface area contributed by atoms with Gasteiger partial charge in [-0.1, -0.05) is 6.92 Å². The number of fused-ring (bicyclic) bond motifs is 1. The van der Waals surface area contributed by atoms with E-state index in [4.69, 9.17) is 4.74 Å². The number of H-pyrrole nitrogens is 1. The van der Waals surface area contributed by atoms with E-state index >= 15 is 0 Å². The minimum atomic E-state index is -0.468. The van der Waals surface area contributed by atoms with Crippen molar-refractivity contribution in [2.75, 3.05) is 11.4 Å². The molecule has 1 amide bonds. The number of hydrogen-bond acceptors (Lipinski definition) is 3. The number of ether oxygens (including phenoxy) is 1. The fourth-order valence-corrected chi connectivity index (χ4v) is 1.96. The molecule has 0 spiro atoms. The molecule has 0 aromatic carbocycles. The van der Waals surface area contributed by atoms with E-state index in [0.717, 1.165) is 17.8 Å². The first-order valence-corrected chi connectivity index (χ1v) is 5.92. The summed E-state index contributed by atoms with van der Waals surface area (Å²) in [5.41, 5.74) is 1.39. The molecule has 1 aliphatic rings. The van der Waals surface area contributed by atoms with Crippen LogP contribution in [0.25, 0.3) is 0 Å². The van der Waals surface area contributed by atoms with Gasteiger partial charge in [-0.2, -0.15) is 5.10 Å². The van der Waals surface area contributed by atoms with Crippen LogP contribution in [0.2, 0.25) is 0 Å². The average molecular weight is 237 g/mol. The molecule has 0 aliphatic carbocycles. The first-order chi connectivity index (χ1) is 7.88. The Bertz CT molecular complexity index is 420. The number of aromatic amines is 1. The number of rotatable bonds is 0. The van der Waals surface area contributed by atoms with Crippen molar-refractivity contribution in [3.05, 3.63) is 11.9 Å². The molecule has 1 aromatic heterocycles. The fraction of sp³-hybridized carbons (Fsp3) is 0.667. The lowest BCUT2D eigenvalue weighted by molar-refractivity contribution is 0.0577. The maximum absolute atomic E-state index is 12.0. The molecule has 94 valence electrons. The van der Waals surface area contributed by atoms with Gasteiger partial charge in [-0.05, 0) is 27.2 Å². The zero-order valence-electron chi connectivity index (χ0n) is 10.8. The van der Waals surface area contributed by atoms with Gasteiger partial charge in [-0.15, -0.1) is 0 Å². The Morgan fingerprint density at radius 2 is 2.29 bits per heavy atom. The Kier molecular flexibility index (Phi) is 2.85. The molecule has 0 radical (unpaired) electrons. The van der Waals surface area contributed by atoms with Crippen LogP contribution in [0.1, 0.15) is 45.7 Å². The molecule has 0 bridgehead atoms. The molecule has 2 heterocycles. The van der Waals surface area contributed by atoms with Crippen LogP contribution in [0.4, 0.5) is 10.5 Å². The van der Waals surface area contributed by atoms with E-state index in [-0.39, 0.29) is 6.09 Å². The zero-order chi connectivity index (χ0) is 12.6. The predicted molar refractivity (Wildman–Crippen MR) is 65.2 cm³/mol. The molecular formula is C12H19N3O2. The van der Waals surface area contributed by atoms with Gasteiger partial charge in [0.15, 0.2) is 0 Å². The van der Waals surface area contributed by atoms with Gasteiger partial charge < -0.3 is 4.74 Å². The lowest BCUT2D eigenvalue weighted by Crippen LogP contribution is -2.40. The molecule has 0 fully saturated rings. The molecule has 17 heavy (non-hydrogen) atoms. The normalized spacial score (nSPS) is 20.0. The number of anilines is 1.